The number of hydrogen-bond donors (Lipinski definition) is 0. The lowest BCUT2D eigenvalue weighted by Gasteiger charge is -2.35. The number of rotatable bonds is 6. The summed E-state index contributed by atoms with van der Waals surface area (Å²) >= 11 is 0. The molecule has 4 nitrogen and oxygen atoms in total. The maximum atomic E-state index is 12.8. The van der Waals surface area contributed by atoms with E-state index in [9.17, 15) is 22.4 Å². The second-order valence-corrected chi connectivity index (χ2v) is 5.41. The zero-order chi connectivity index (χ0) is 16.9. The van der Waals surface area contributed by atoms with Crippen molar-refractivity contribution in [1.82, 2.24) is 9.88 Å². The van der Waals surface area contributed by atoms with Gasteiger partial charge in [0.25, 0.3) is 0 Å². The van der Waals surface area contributed by atoms with E-state index < -0.39 is 31.5 Å². The van der Waals surface area contributed by atoms with E-state index in [4.69, 9.17) is 0 Å². The molecule has 1 aliphatic rings. The molecule has 2 rings (SSSR count). The normalized spacial score (nSPS) is 19.2. The quantitative estimate of drug-likeness (QED) is 0.751. The van der Waals surface area contributed by atoms with Gasteiger partial charge in [0.1, 0.15) is 13.2 Å². The van der Waals surface area contributed by atoms with Gasteiger partial charge in [-0.3, -0.25) is 9.78 Å². The van der Waals surface area contributed by atoms with E-state index in [2.05, 4.69) is 9.72 Å². The highest BCUT2D eigenvalue weighted by Gasteiger charge is 2.41. The number of nitrogens with zero attached hydrogens (tertiary/aromatic N) is 2. The molecule has 0 spiro atoms. The Labute approximate surface area is 131 Å². The van der Waals surface area contributed by atoms with Gasteiger partial charge in [0, 0.05) is 12.7 Å². The Hall–Kier alpha value is -1.70. The molecule has 0 aliphatic carbocycles. The van der Waals surface area contributed by atoms with Crippen molar-refractivity contribution in [2.24, 2.45) is 0 Å². The third-order valence-corrected chi connectivity index (χ3v) is 3.69. The Morgan fingerprint density at radius 3 is 2.83 bits per heavy atom. The third kappa shape index (κ3) is 4.63. The number of halogens is 4. The summed E-state index contributed by atoms with van der Waals surface area (Å²) in [4.78, 5) is 17.9. The fourth-order valence-corrected chi connectivity index (χ4v) is 2.53. The average Bonchev–Trinajstić information content (AvgIpc) is 2.55. The van der Waals surface area contributed by atoms with Crippen LogP contribution in [0.2, 0.25) is 0 Å². The Morgan fingerprint density at radius 2 is 2.17 bits per heavy atom. The van der Waals surface area contributed by atoms with Crippen LogP contribution in [-0.2, 0) is 9.53 Å². The Morgan fingerprint density at radius 1 is 1.39 bits per heavy atom. The molecule has 1 saturated heterocycles. The van der Waals surface area contributed by atoms with Crippen molar-refractivity contribution in [2.45, 2.75) is 37.7 Å². The molecule has 1 aromatic rings. The molecular formula is C15H18F4N2O2. The number of hydrogen-bond acceptors (Lipinski definition) is 3. The monoisotopic (exact) mass is 334 g/mol. The van der Waals surface area contributed by atoms with Crippen molar-refractivity contribution in [2.75, 3.05) is 19.8 Å². The van der Waals surface area contributed by atoms with E-state index in [0.717, 1.165) is 25.0 Å². The first-order valence-corrected chi connectivity index (χ1v) is 7.36. The van der Waals surface area contributed by atoms with Crippen LogP contribution < -0.4 is 0 Å². The van der Waals surface area contributed by atoms with Crippen LogP contribution in [0.3, 0.4) is 0 Å². The summed E-state index contributed by atoms with van der Waals surface area (Å²) in [5.41, 5.74) is 0.721. The number of aromatic nitrogens is 1. The minimum atomic E-state index is -4.25. The summed E-state index contributed by atoms with van der Waals surface area (Å²) < 4.78 is 54.1. The first-order valence-electron chi connectivity index (χ1n) is 7.36. The van der Waals surface area contributed by atoms with Gasteiger partial charge >= 0.3 is 12.3 Å². The van der Waals surface area contributed by atoms with E-state index in [1.165, 1.54) is 4.90 Å². The average molecular weight is 334 g/mol. The van der Waals surface area contributed by atoms with Gasteiger partial charge in [0.05, 0.1) is 11.7 Å². The van der Waals surface area contributed by atoms with Crippen molar-refractivity contribution in [3.8, 4) is 0 Å². The summed E-state index contributed by atoms with van der Waals surface area (Å²) in [5, 5.41) is 0. The van der Waals surface area contributed by atoms with E-state index in [-0.39, 0.29) is 6.04 Å². The first-order chi connectivity index (χ1) is 10.9. The number of ether oxygens (including phenoxy) is 1. The molecule has 0 aromatic carbocycles. The largest absolute Gasteiger partial charge is 0.365 e. The van der Waals surface area contributed by atoms with Gasteiger partial charge in [-0.05, 0) is 31.4 Å². The highest BCUT2D eigenvalue weighted by atomic mass is 19.3. The summed E-state index contributed by atoms with van der Waals surface area (Å²) in [6.07, 6.45) is 0.244. The fourth-order valence-electron chi connectivity index (χ4n) is 2.53. The molecule has 128 valence electrons. The summed E-state index contributed by atoms with van der Waals surface area (Å²) in [5.74, 6) is -4.74. The van der Waals surface area contributed by atoms with Gasteiger partial charge in [-0.1, -0.05) is 6.07 Å². The van der Waals surface area contributed by atoms with Crippen LogP contribution in [0.15, 0.2) is 24.4 Å². The van der Waals surface area contributed by atoms with Crippen molar-refractivity contribution >= 4 is 5.91 Å². The first kappa shape index (κ1) is 17.7. The van der Waals surface area contributed by atoms with E-state index in [1.54, 1.807) is 24.4 Å². The second-order valence-electron chi connectivity index (χ2n) is 5.41. The van der Waals surface area contributed by atoms with Crippen LogP contribution in [0.5, 0.6) is 0 Å². The molecule has 0 N–H and O–H groups in total. The van der Waals surface area contributed by atoms with Gasteiger partial charge in [-0.15, -0.1) is 0 Å². The molecule has 1 atom stereocenters. The molecule has 2 heterocycles. The molecular weight excluding hydrogens is 316 g/mol. The Kier molecular flexibility index (Phi) is 5.92. The minimum absolute atomic E-state index is 0.239. The summed E-state index contributed by atoms with van der Waals surface area (Å²) in [6, 6.07) is 5.12. The van der Waals surface area contributed by atoms with Gasteiger partial charge in [0.15, 0.2) is 0 Å². The number of likely N-dealkylation sites (tertiary alicyclic amines) is 1. The van der Waals surface area contributed by atoms with Gasteiger partial charge < -0.3 is 9.64 Å². The predicted molar refractivity (Wildman–Crippen MR) is 74.3 cm³/mol. The maximum Gasteiger partial charge on any atom is 0.330 e. The van der Waals surface area contributed by atoms with Crippen LogP contribution in [-0.4, -0.2) is 47.9 Å². The summed E-state index contributed by atoms with van der Waals surface area (Å²) in [7, 11) is 0. The maximum absolute atomic E-state index is 12.8. The number of pyridine rings is 1. The lowest BCUT2D eigenvalue weighted by atomic mass is 9.99. The molecule has 1 amide bonds. The van der Waals surface area contributed by atoms with Crippen molar-refractivity contribution in [3.63, 3.8) is 0 Å². The SMILES string of the molecule is O=C(COCC(F)(F)C(F)F)N1CCCCC1c1ccccn1. The van der Waals surface area contributed by atoms with E-state index >= 15 is 0 Å². The van der Waals surface area contributed by atoms with Gasteiger partial charge in [0.2, 0.25) is 5.91 Å². The number of alkyl halides is 4. The van der Waals surface area contributed by atoms with Crippen molar-refractivity contribution < 1.29 is 27.1 Å². The lowest BCUT2D eigenvalue weighted by molar-refractivity contribution is -0.172. The zero-order valence-corrected chi connectivity index (χ0v) is 12.4. The summed E-state index contributed by atoms with van der Waals surface area (Å²) in [6.45, 7) is -1.65. The Bertz CT molecular complexity index is 513. The van der Waals surface area contributed by atoms with Gasteiger partial charge in [-0.2, -0.15) is 8.78 Å². The fraction of sp³-hybridized carbons (Fsp3) is 0.600. The molecule has 23 heavy (non-hydrogen) atoms. The number of carbonyl (C=O) groups is 1. The lowest BCUT2D eigenvalue weighted by Crippen LogP contribution is -2.42. The topological polar surface area (TPSA) is 42.4 Å². The van der Waals surface area contributed by atoms with Crippen LogP contribution in [0.1, 0.15) is 31.0 Å². The molecule has 0 radical (unpaired) electrons. The van der Waals surface area contributed by atoms with Crippen molar-refractivity contribution in [1.29, 1.82) is 0 Å². The van der Waals surface area contributed by atoms with Crippen LogP contribution >= 0.6 is 0 Å². The van der Waals surface area contributed by atoms with E-state index in [1.807, 2.05) is 0 Å². The van der Waals surface area contributed by atoms with Crippen LogP contribution in [0.25, 0.3) is 0 Å². The highest BCUT2D eigenvalue weighted by molar-refractivity contribution is 5.78. The molecule has 8 heteroatoms. The van der Waals surface area contributed by atoms with Crippen LogP contribution in [0, 0.1) is 0 Å². The van der Waals surface area contributed by atoms with Crippen molar-refractivity contribution in [3.05, 3.63) is 30.1 Å². The molecule has 1 aliphatic heterocycles. The second kappa shape index (κ2) is 7.72. The number of amides is 1. The number of carbonyl (C=O) groups excluding carboxylic acids is 1. The smallest absolute Gasteiger partial charge is 0.330 e. The number of piperidine rings is 1. The zero-order valence-electron chi connectivity index (χ0n) is 12.4. The Balaban J connectivity index is 1.94. The third-order valence-electron chi connectivity index (χ3n) is 3.69. The highest BCUT2D eigenvalue weighted by Crippen LogP contribution is 2.30. The predicted octanol–water partition coefficient (Wildman–Crippen LogP) is 3.05. The van der Waals surface area contributed by atoms with Crippen LogP contribution in [0.4, 0.5) is 17.6 Å². The van der Waals surface area contributed by atoms with Gasteiger partial charge in [-0.25, -0.2) is 8.78 Å². The molecule has 1 unspecified atom stereocenters. The molecule has 1 aromatic heterocycles. The molecule has 0 saturated carbocycles. The standard InChI is InChI=1S/C15H18F4N2O2/c16-14(17)15(18,19)10-23-9-13(22)21-8-4-2-6-12(21)11-5-1-3-7-20-11/h1,3,5,7,12,14H,2,4,6,8-10H2. The minimum Gasteiger partial charge on any atom is -0.365 e. The molecule has 0 bridgehead atoms. The van der Waals surface area contributed by atoms with E-state index in [0.29, 0.717) is 6.54 Å². The molecule has 1 fully saturated rings.